The topological polar surface area (TPSA) is 3.24 Å². The Morgan fingerprint density at radius 1 is 0.846 bits per heavy atom. The minimum atomic E-state index is 1.09. The molecule has 0 saturated carbocycles. The molecule has 0 N–H and O–H groups in total. The van der Waals surface area contributed by atoms with Gasteiger partial charge in [0.05, 0.1) is 0 Å². The molecule has 1 nitrogen and oxygen atoms in total. The Hall–Kier alpha value is -0.0400. The summed E-state index contributed by atoms with van der Waals surface area (Å²) >= 11 is 0. The van der Waals surface area contributed by atoms with Crippen molar-refractivity contribution in [3.05, 3.63) is 6.92 Å². The van der Waals surface area contributed by atoms with Crippen LogP contribution >= 0.6 is 0 Å². The predicted molar refractivity (Wildman–Crippen MR) is 58.7 cm³/mol. The average Bonchev–Trinajstić information content (AvgIpc) is 2.28. The van der Waals surface area contributed by atoms with Crippen LogP contribution in [-0.4, -0.2) is 24.5 Å². The molecule has 0 amide bonds. The fourth-order valence-corrected chi connectivity index (χ4v) is 2.05. The van der Waals surface area contributed by atoms with E-state index in [1.54, 1.807) is 0 Å². The minimum absolute atomic E-state index is 1.09. The molecule has 0 unspecified atom stereocenters. The van der Waals surface area contributed by atoms with Crippen LogP contribution in [0.1, 0.15) is 51.4 Å². The van der Waals surface area contributed by atoms with E-state index in [4.69, 9.17) is 0 Å². The summed E-state index contributed by atoms with van der Waals surface area (Å²) in [5, 5.41) is 0. The van der Waals surface area contributed by atoms with Crippen molar-refractivity contribution in [3.63, 3.8) is 0 Å². The summed E-state index contributed by atoms with van der Waals surface area (Å²) in [6.07, 6.45) is 11.0. The first-order valence-corrected chi connectivity index (χ1v) is 5.95. The molecule has 1 saturated heterocycles. The van der Waals surface area contributed by atoms with Gasteiger partial charge in [-0.15, -0.1) is 0 Å². The summed E-state index contributed by atoms with van der Waals surface area (Å²) in [4.78, 5) is 2.64. The molecule has 0 bridgehead atoms. The number of hydrogen-bond donors (Lipinski definition) is 0. The van der Waals surface area contributed by atoms with E-state index < -0.39 is 0 Å². The molecule has 0 aromatic rings. The molecular weight excluding hydrogens is 158 g/mol. The van der Waals surface area contributed by atoms with Crippen molar-refractivity contribution in [2.75, 3.05) is 19.6 Å². The van der Waals surface area contributed by atoms with E-state index in [9.17, 15) is 0 Å². The third-order valence-electron chi connectivity index (χ3n) is 2.92. The van der Waals surface area contributed by atoms with Crippen LogP contribution in [0.4, 0.5) is 0 Å². The molecule has 0 atom stereocenters. The lowest BCUT2D eigenvalue weighted by molar-refractivity contribution is 0.266. The van der Waals surface area contributed by atoms with Crippen molar-refractivity contribution in [2.24, 2.45) is 0 Å². The summed E-state index contributed by atoms with van der Waals surface area (Å²) in [6, 6.07) is 0. The second-order valence-electron chi connectivity index (χ2n) is 4.17. The van der Waals surface area contributed by atoms with Gasteiger partial charge in [-0.05, 0) is 38.9 Å². The zero-order valence-electron chi connectivity index (χ0n) is 8.93. The highest BCUT2D eigenvalue weighted by Crippen LogP contribution is 2.11. The first-order chi connectivity index (χ1) is 6.43. The van der Waals surface area contributed by atoms with Crippen LogP contribution in [0, 0.1) is 6.92 Å². The second kappa shape index (κ2) is 7.37. The normalized spacial score (nSPS) is 21.9. The molecule has 1 heteroatoms. The van der Waals surface area contributed by atoms with E-state index >= 15 is 0 Å². The quantitative estimate of drug-likeness (QED) is 0.647. The fourth-order valence-electron chi connectivity index (χ4n) is 2.05. The Kier molecular flexibility index (Phi) is 6.26. The molecule has 1 heterocycles. The molecule has 1 aliphatic rings. The highest BCUT2D eigenvalue weighted by atomic mass is 15.1. The van der Waals surface area contributed by atoms with Crippen LogP contribution in [0.2, 0.25) is 0 Å². The average molecular weight is 182 g/mol. The summed E-state index contributed by atoms with van der Waals surface area (Å²) in [7, 11) is 0. The highest BCUT2D eigenvalue weighted by molar-refractivity contribution is 4.62. The lowest BCUT2D eigenvalue weighted by atomic mass is 10.1. The van der Waals surface area contributed by atoms with Gasteiger partial charge in [0.25, 0.3) is 0 Å². The van der Waals surface area contributed by atoms with Gasteiger partial charge in [-0.25, -0.2) is 0 Å². The SMILES string of the molecule is [CH2]CCCN1CCCCCCCC1. The zero-order valence-corrected chi connectivity index (χ0v) is 8.93. The van der Waals surface area contributed by atoms with Crippen molar-refractivity contribution in [3.8, 4) is 0 Å². The monoisotopic (exact) mass is 182 g/mol. The maximum absolute atomic E-state index is 3.90. The van der Waals surface area contributed by atoms with E-state index in [1.165, 1.54) is 64.6 Å². The van der Waals surface area contributed by atoms with Crippen LogP contribution in [0.15, 0.2) is 0 Å². The lowest BCUT2D eigenvalue weighted by Crippen LogP contribution is -2.26. The molecule has 0 aliphatic carbocycles. The summed E-state index contributed by atoms with van der Waals surface area (Å²) in [5.74, 6) is 0. The Bertz CT molecular complexity index is 102. The second-order valence-corrected chi connectivity index (χ2v) is 4.17. The molecule has 77 valence electrons. The Balaban J connectivity index is 2.16. The third kappa shape index (κ3) is 5.30. The largest absolute Gasteiger partial charge is 0.303 e. The van der Waals surface area contributed by atoms with Crippen molar-refractivity contribution in [2.45, 2.75) is 51.4 Å². The van der Waals surface area contributed by atoms with Crippen LogP contribution in [-0.2, 0) is 0 Å². The lowest BCUT2D eigenvalue weighted by Gasteiger charge is -2.20. The van der Waals surface area contributed by atoms with Gasteiger partial charge in [0, 0.05) is 0 Å². The van der Waals surface area contributed by atoms with Gasteiger partial charge in [-0.1, -0.05) is 39.0 Å². The smallest absolute Gasteiger partial charge is 0.00187 e. The van der Waals surface area contributed by atoms with Crippen LogP contribution in [0.25, 0.3) is 0 Å². The summed E-state index contributed by atoms with van der Waals surface area (Å²) in [5.41, 5.74) is 0. The Morgan fingerprint density at radius 2 is 1.38 bits per heavy atom. The van der Waals surface area contributed by atoms with E-state index in [0.29, 0.717) is 0 Å². The molecule has 0 aromatic heterocycles. The van der Waals surface area contributed by atoms with E-state index in [-0.39, 0.29) is 0 Å². The van der Waals surface area contributed by atoms with Crippen molar-refractivity contribution < 1.29 is 0 Å². The minimum Gasteiger partial charge on any atom is -0.303 e. The summed E-state index contributed by atoms with van der Waals surface area (Å²) < 4.78 is 0. The third-order valence-corrected chi connectivity index (χ3v) is 2.92. The number of nitrogens with zero attached hydrogens (tertiary/aromatic N) is 1. The van der Waals surface area contributed by atoms with Gasteiger partial charge < -0.3 is 4.90 Å². The Morgan fingerprint density at radius 3 is 1.92 bits per heavy atom. The molecule has 13 heavy (non-hydrogen) atoms. The molecular formula is C12H24N. The van der Waals surface area contributed by atoms with Crippen molar-refractivity contribution in [1.82, 2.24) is 4.90 Å². The van der Waals surface area contributed by atoms with Gasteiger partial charge in [0.15, 0.2) is 0 Å². The van der Waals surface area contributed by atoms with Crippen LogP contribution in [0.3, 0.4) is 0 Å². The number of hydrogen-bond acceptors (Lipinski definition) is 1. The van der Waals surface area contributed by atoms with Crippen LogP contribution < -0.4 is 0 Å². The van der Waals surface area contributed by atoms with Crippen molar-refractivity contribution in [1.29, 1.82) is 0 Å². The molecule has 0 spiro atoms. The van der Waals surface area contributed by atoms with Gasteiger partial charge >= 0.3 is 0 Å². The number of rotatable bonds is 3. The summed E-state index contributed by atoms with van der Waals surface area (Å²) in [6.45, 7) is 7.85. The van der Waals surface area contributed by atoms with Gasteiger partial charge in [-0.2, -0.15) is 0 Å². The van der Waals surface area contributed by atoms with E-state index in [0.717, 1.165) is 6.42 Å². The number of unbranched alkanes of at least 4 members (excludes halogenated alkanes) is 1. The predicted octanol–water partition coefficient (Wildman–Crippen LogP) is 3.26. The molecule has 1 radical (unpaired) electrons. The fraction of sp³-hybridized carbons (Fsp3) is 0.917. The highest BCUT2D eigenvalue weighted by Gasteiger charge is 2.05. The van der Waals surface area contributed by atoms with Gasteiger partial charge in [0.2, 0.25) is 0 Å². The standard InChI is InChI=1S/C12H24N/c1-2-3-10-13-11-8-6-4-5-7-9-12-13/h1-12H2. The van der Waals surface area contributed by atoms with Crippen LogP contribution in [0.5, 0.6) is 0 Å². The zero-order chi connectivity index (χ0) is 9.36. The molecule has 1 aliphatic heterocycles. The Labute approximate surface area is 83.5 Å². The van der Waals surface area contributed by atoms with E-state index in [2.05, 4.69) is 11.8 Å². The van der Waals surface area contributed by atoms with Gasteiger partial charge in [-0.3, -0.25) is 0 Å². The first-order valence-electron chi connectivity index (χ1n) is 5.95. The van der Waals surface area contributed by atoms with Crippen molar-refractivity contribution >= 4 is 0 Å². The van der Waals surface area contributed by atoms with E-state index in [1.807, 2.05) is 0 Å². The molecule has 0 aromatic carbocycles. The van der Waals surface area contributed by atoms with Gasteiger partial charge in [0.1, 0.15) is 0 Å². The molecule has 1 rings (SSSR count). The maximum Gasteiger partial charge on any atom is -0.00187 e. The molecule has 1 fully saturated rings. The maximum atomic E-state index is 3.90. The first kappa shape index (κ1) is 11.0.